The fourth-order valence-electron chi connectivity index (χ4n) is 2.93. The molecule has 0 saturated carbocycles. The van der Waals surface area contributed by atoms with E-state index in [9.17, 15) is 9.18 Å². The van der Waals surface area contributed by atoms with Crippen molar-refractivity contribution in [3.05, 3.63) is 41.7 Å². The number of cyclic esters (lactones) is 1. The predicted molar refractivity (Wildman–Crippen MR) is 74.5 cm³/mol. The fraction of sp³-hybridized carbons (Fsp3) is 0.438. The summed E-state index contributed by atoms with van der Waals surface area (Å²) in [6.45, 7) is 3.52. The monoisotopic (exact) mass is 275 g/mol. The van der Waals surface area contributed by atoms with Crippen molar-refractivity contribution < 1.29 is 13.9 Å². The fourth-order valence-corrected chi connectivity index (χ4v) is 2.93. The van der Waals surface area contributed by atoms with Gasteiger partial charge in [-0.3, -0.25) is 9.69 Å². The third-order valence-corrected chi connectivity index (χ3v) is 4.04. The standard InChI is InChI=1S/C16H18FNO2/c1-11-10-15(16(19)20-11)18-8-6-13(7-9-18)12-2-4-14(17)5-3-12/h2-6,11,15H,7-10H2,1H3. The lowest BCUT2D eigenvalue weighted by Gasteiger charge is -2.29. The molecule has 106 valence electrons. The van der Waals surface area contributed by atoms with E-state index in [0.717, 1.165) is 31.5 Å². The van der Waals surface area contributed by atoms with Crippen molar-refractivity contribution in [2.24, 2.45) is 0 Å². The number of hydrogen-bond donors (Lipinski definition) is 0. The smallest absolute Gasteiger partial charge is 0.323 e. The summed E-state index contributed by atoms with van der Waals surface area (Å²) in [6.07, 6.45) is 3.81. The minimum Gasteiger partial charge on any atom is -0.461 e. The average Bonchev–Trinajstić information content (AvgIpc) is 2.79. The summed E-state index contributed by atoms with van der Waals surface area (Å²) in [6, 6.07) is 6.48. The Morgan fingerprint density at radius 2 is 2.05 bits per heavy atom. The number of nitrogens with zero attached hydrogens (tertiary/aromatic N) is 1. The van der Waals surface area contributed by atoms with Gasteiger partial charge in [-0.25, -0.2) is 4.39 Å². The van der Waals surface area contributed by atoms with E-state index < -0.39 is 0 Å². The molecule has 1 aromatic carbocycles. The van der Waals surface area contributed by atoms with Crippen LogP contribution in [0.2, 0.25) is 0 Å². The van der Waals surface area contributed by atoms with Crippen molar-refractivity contribution >= 4 is 11.5 Å². The average molecular weight is 275 g/mol. The molecule has 3 nitrogen and oxygen atoms in total. The zero-order chi connectivity index (χ0) is 14.1. The van der Waals surface area contributed by atoms with E-state index in [1.807, 2.05) is 19.1 Å². The molecule has 20 heavy (non-hydrogen) atoms. The summed E-state index contributed by atoms with van der Waals surface area (Å²) in [5.74, 6) is -0.314. The molecule has 2 atom stereocenters. The van der Waals surface area contributed by atoms with Gasteiger partial charge in [-0.1, -0.05) is 18.2 Å². The van der Waals surface area contributed by atoms with Crippen LogP contribution in [0, 0.1) is 5.82 Å². The minimum atomic E-state index is -0.213. The number of esters is 1. The molecule has 0 aromatic heterocycles. The Hall–Kier alpha value is -1.68. The Bertz CT molecular complexity index is 538. The summed E-state index contributed by atoms with van der Waals surface area (Å²) in [5.41, 5.74) is 2.29. The second-order valence-electron chi connectivity index (χ2n) is 5.48. The summed E-state index contributed by atoms with van der Waals surface area (Å²) < 4.78 is 18.1. The minimum absolute atomic E-state index is 0.0231. The second-order valence-corrected chi connectivity index (χ2v) is 5.48. The number of benzene rings is 1. The second kappa shape index (κ2) is 5.37. The zero-order valence-corrected chi connectivity index (χ0v) is 11.5. The Morgan fingerprint density at radius 1 is 1.30 bits per heavy atom. The van der Waals surface area contributed by atoms with Gasteiger partial charge in [-0.2, -0.15) is 0 Å². The number of carbonyl (C=O) groups is 1. The van der Waals surface area contributed by atoms with Gasteiger partial charge in [-0.15, -0.1) is 0 Å². The third-order valence-electron chi connectivity index (χ3n) is 4.04. The van der Waals surface area contributed by atoms with Gasteiger partial charge in [0, 0.05) is 19.5 Å². The molecular weight excluding hydrogens is 257 g/mol. The Balaban J connectivity index is 1.69. The molecule has 1 fully saturated rings. The van der Waals surface area contributed by atoms with E-state index in [-0.39, 0.29) is 23.9 Å². The lowest BCUT2D eigenvalue weighted by molar-refractivity contribution is -0.144. The van der Waals surface area contributed by atoms with Crippen LogP contribution in [0.4, 0.5) is 4.39 Å². The highest BCUT2D eigenvalue weighted by Gasteiger charge is 2.36. The van der Waals surface area contributed by atoms with Gasteiger partial charge < -0.3 is 4.74 Å². The molecule has 2 heterocycles. The van der Waals surface area contributed by atoms with Gasteiger partial charge in [0.25, 0.3) is 0 Å². The lowest BCUT2D eigenvalue weighted by atomic mass is 9.98. The molecule has 3 rings (SSSR count). The van der Waals surface area contributed by atoms with Crippen molar-refractivity contribution in [1.29, 1.82) is 0 Å². The van der Waals surface area contributed by atoms with Crippen LogP contribution in [0.15, 0.2) is 30.3 Å². The van der Waals surface area contributed by atoms with Crippen LogP contribution in [0.5, 0.6) is 0 Å². The van der Waals surface area contributed by atoms with Crippen molar-refractivity contribution in [2.45, 2.75) is 31.9 Å². The third kappa shape index (κ3) is 2.61. The summed E-state index contributed by atoms with van der Waals surface area (Å²) in [5, 5.41) is 0. The molecule has 0 amide bonds. The number of hydrogen-bond acceptors (Lipinski definition) is 3. The van der Waals surface area contributed by atoms with E-state index >= 15 is 0 Å². The molecule has 1 aromatic rings. The van der Waals surface area contributed by atoms with Crippen molar-refractivity contribution in [2.75, 3.05) is 13.1 Å². The molecule has 4 heteroatoms. The topological polar surface area (TPSA) is 29.5 Å². The Labute approximate surface area is 118 Å². The van der Waals surface area contributed by atoms with Gasteiger partial charge in [0.05, 0.1) is 0 Å². The van der Waals surface area contributed by atoms with Crippen molar-refractivity contribution in [1.82, 2.24) is 4.90 Å². The normalized spacial score (nSPS) is 27.3. The molecule has 2 unspecified atom stereocenters. The quantitative estimate of drug-likeness (QED) is 0.777. The molecule has 2 aliphatic rings. The van der Waals surface area contributed by atoms with Gasteiger partial charge >= 0.3 is 5.97 Å². The molecule has 0 aliphatic carbocycles. The van der Waals surface area contributed by atoms with E-state index in [2.05, 4.69) is 11.0 Å². The Kier molecular flexibility index (Phi) is 3.57. The molecule has 2 aliphatic heterocycles. The SMILES string of the molecule is CC1CC(N2CC=C(c3ccc(F)cc3)CC2)C(=O)O1. The van der Waals surface area contributed by atoms with Gasteiger partial charge in [0.1, 0.15) is 18.0 Å². The van der Waals surface area contributed by atoms with Crippen LogP contribution in [0.1, 0.15) is 25.3 Å². The molecule has 1 saturated heterocycles. The lowest BCUT2D eigenvalue weighted by Crippen LogP contribution is -2.41. The van der Waals surface area contributed by atoms with E-state index in [4.69, 9.17) is 4.74 Å². The first-order chi connectivity index (χ1) is 9.63. The molecule has 0 radical (unpaired) electrons. The summed E-state index contributed by atoms with van der Waals surface area (Å²) in [4.78, 5) is 13.9. The van der Waals surface area contributed by atoms with Gasteiger partial charge in [0.15, 0.2) is 0 Å². The first kappa shape index (κ1) is 13.3. The highest BCUT2D eigenvalue weighted by molar-refractivity contribution is 5.78. The van der Waals surface area contributed by atoms with E-state index in [1.165, 1.54) is 17.7 Å². The van der Waals surface area contributed by atoms with Crippen LogP contribution in [0.25, 0.3) is 5.57 Å². The number of rotatable bonds is 2. The molecule has 0 N–H and O–H groups in total. The maximum atomic E-state index is 12.9. The van der Waals surface area contributed by atoms with E-state index in [1.54, 1.807) is 0 Å². The zero-order valence-electron chi connectivity index (χ0n) is 11.5. The highest BCUT2D eigenvalue weighted by atomic mass is 19.1. The van der Waals surface area contributed by atoms with E-state index in [0.29, 0.717) is 0 Å². The maximum Gasteiger partial charge on any atom is 0.323 e. The molecule has 0 spiro atoms. The molecule has 0 bridgehead atoms. The van der Waals surface area contributed by atoms with Crippen LogP contribution in [0.3, 0.4) is 0 Å². The largest absolute Gasteiger partial charge is 0.461 e. The van der Waals surface area contributed by atoms with Crippen molar-refractivity contribution in [3.63, 3.8) is 0 Å². The number of carbonyl (C=O) groups excluding carboxylic acids is 1. The highest BCUT2D eigenvalue weighted by Crippen LogP contribution is 2.27. The first-order valence-electron chi connectivity index (χ1n) is 7.03. The maximum absolute atomic E-state index is 12.9. The van der Waals surface area contributed by atoms with Gasteiger partial charge in [0.2, 0.25) is 0 Å². The van der Waals surface area contributed by atoms with Crippen LogP contribution in [-0.4, -0.2) is 36.1 Å². The Morgan fingerprint density at radius 3 is 2.60 bits per heavy atom. The summed E-state index contributed by atoms with van der Waals surface area (Å²) >= 11 is 0. The molecular formula is C16H18FNO2. The first-order valence-corrected chi connectivity index (χ1v) is 7.03. The van der Waals surface area contributed by atoms with Crippen LogP contribution in [-0.2, 0) is 9.53 Å². The van der Waals surface area contributed by atoms with Crippen molar-refractivity contribution in [3.8, 4) is 0 Å². The predicted octanol–water partition coefficient (Wildman–Crippen LogP) is 2.62. The van der Waals surface area contributed by atoms with Crippen LogP contribution >= 0.6 is 0 Å². The summed E-state index contributed by atoms with van der Waals surface area (Å²) in [7, 11) is 0. The number of halogens is 1. The van der Waals surface area contributed by atoms with Gasteiger partial charge in [-0.05, 0) is 36.6 Å². The number of ether oxygens (including phenoxy) is 1. The van der Waals surface area contributed by atoms with Crippen LogP contribution < -0.4 is 0 Å².